The molecule has 1 aliphatic heterocycles. The maximum Gasteiger partial charge on any atom is 0.122 e. The Labute approximate surface area is 150 Å². The fourth-order valence-electron chi connectivity index (χ4n) is 3.48. The lowest BCUT2D eigenvalue weighted by Crippen LogP contribution is -2.20. The molecule has 4 aromatic rings. The van der Waals surface area contributed by atoms with Gasteiger partial charge in [-0.1, -0.05) is 6.07 Å². The highest BCUT2D eigenvalue weighted by Gasteiger charge is 2.24. The molecule has 2 N–H and O–H groups in total. The summed E-state index contributed by atoms with van der Waals surface area (Å²) in [5.74, 6) is 2.93. The molecule has 0 bridgehead atoms. The molecule has 6 heteroatoms. The van der Waals surface area contributed by atoms with Crippen molar-refractivity contribution in [3.05, 3.63) is 60.2 Å². The van der Waals surface area contributed by atoms with E-state index in [9.17, 15) is 0 Å². The molecule has 3 heterocycles. The van der Waals surface area contributed by atoms with Gasteiger partial charge in [0.2, 0.25) is 0 Å². The summed E-state index contributed by atoms with van der Waals surface area (Å²) >= 11 is 0. The molecular weight excluding hydrogens is 328 g/mol. The summed E-state index contributed by atoms with van der Waals surface area (Å²) < 4.78 is 11.3. The maximum absolute atomic E-state index is 5.94. The summed E-state index contributed by atoms with van der Waals surface area (Å²) in [5.41, 5.74) is 5.31. The minimum atomic E-state index is 0.194. The van der Waals surface area contributed by atoms with E-state index in [1.54, 1.807) is 7.11 Å². The van der Waals surface area contributed by atoms with Crippen molar-refractivity contribution in [1.29, 1.82) is 0 Å². The summed E-state index contributed by atoms with van der Waals surface area (Å²) in [6, 6.07) is 12.2. The van der Waals surface area contributed by atoms with Gasteiger partial charge in [0.25, 0.3) is 0 Å². The molecular formula is C20H18N4O2. The Bertz CT molecular complexity index is 1070. The second-order valence-corrected chi connectivity index (χ2v) is 6.53. The van der Waals surface area contributed by atoms with Gasteiger partial charge in [0, 0.05) is 11.8 Å². The third-order valence-electron chi connectivity index (χ3n) is 4.89. The maximum atomic E-state index is 5.94. The quantitative estimate of drug-likeness (QED) is 0.593. The fourth-order valence-corrected chi connectivity index (χ4v) is 3.48. The van der Waals surface area contributed by atoms with Crippen molar-refractivity contribution in [2.75, 3.05) is 13.7 Å². The van der Waals surface area contributed by atoms with Crippen LogP contribution in [0, 0.1) is 0 Å². The van der Waals surface area contributed by atoms with Gasteiger partial charge in [0.15, 0.2) is 0 Å². The summed E-state index contributed by atoms with van der Waals surface area (Å²) in [6.07, 6.45) is 4.58. The van der Waals surface area contributed by atoms with Crippen molar-refractivity contribution in [1.82, 2.24) is 20.2 Å². The van der Waals surface area contributed by atoms with Gasteiger partial charge in [-0.3, -0.25) is 5.10 Å². The Hall–Kier alpha value is -3.28. The van der Waals surface area contributed by atoms with E-state index in [4.69, 9.17) is 14.5 Å². The molecule has 0 radical (unpaired) electrons. The van der Waals surface area contributed by atoms with Crippen molar-refractivity contribution in [3.63, 3.8) is 0 Å². The second kappa shape index (κ2) is 5.91. The van der Waals surface area contributed by atoms with E-state index in [1.165, 1.54) is 0 Å². The number of fused-ring (bicyclic) bond motifs is 2. The van der Waals surface area contributed by atoms with Crippen LogP contribution < -0.4 is 9.47 Å². The van der Waals surface area contributed by atoms with E-state index in [-0.39, 0.29) is 5.92 Å². The predicted octanol–water partition coefficient (Wildman–Crippen LogP) is 3.68. The molecule has 1 aliphatic rings. The molecule has 0 saturated heterocycles. The van der Waals surface area contributed by atoms with E-state index in [2.05, 4.69) is 27.3 Å². The van der Waals surface area contributed by atoms with Crippen LogP contribution >= 0.6 is 0 Å². The van der Waals surface area contributed by atoms with Crippen LogP contribution in [0.3, 0.4) is 0 Å². The van der Waals surface area contributed by atoms with Gasteiger partial charge in [-0.15, -0.1) is 0 Å². The molecule has 1 atom stereocenters. The topological polar surface area (TPSA) is 75.8 Å². The molecule has 0 fully saturated rings. The van der Waals surface area contributed by atoms with Gasteiger partial charge in [0.05, 0.1) is 36.9 Å². The van der Waals surface area contributed by atoms with E-state index in [1.807, 2.05) is 36.7 Å². The number of hydrogen-bond donors (Lipinski definition) is 2. The highest BCUT2D eigenvalue weighted by Crippen LogP contribution is 2.34. The van der Waals surface area contributed by atoms with Crippen molar-refractivity contribution in [2.24, 2.45) is 0 Å². The normalized spacial score (nSPS) is 16.3. The van der Waals surface area contributed by atoms with Crippen LogP contribution in [0.5, 0.6) is 11.5 Å². The van der Waals surface area contributed by atoms with Gasteiger partial charge >= 0.3 is 0 Å². The Balaban J connectivity index is 1.47. The molecule has 0 spiro atoms. The van der Waals surface area contributed by atoms with Crippen LogP contribution in [0.15, 0.2) is 48.8 Å². The standard InChI is InChI=1S/C20H18N4O2/c1-25-16-3-5-19-13(7-16)6-14(11-26-19)20-23-17-4-2-12(8-18(17)24-20)15-9-21-22-10-15/h2-5,7-10,14H,6,11H2,1H3,(H,21,22)(H,23,24). The number of nitrogens with zero attached hydrogens (tertiary/aromatic N) is 2. The third-order valence-corrected chi connectivity index (χ3v) is 4.89. The smallest absolute Gasteiger partial charge is 0.122 e. The highest BCUT2D eigenvalue weighted by molar-refractivity contribution is 5.81. The molecule has 0 aliphatic carbocycles. The van der Waals surface area contributed by atoms with Gasteiger partial charge in [-0.2, -0.15) is 5.10 Å². The first-order valence-electron chi connectivity index (χ1n) is 8.59. The molecule has 0 amide bonds. The lowest BCUT2D eigenvalue weighted by Gasteiger charge is -2.24. The fraction of sp³-hybridized carbons (Fsp3) is 0.200. The molecule has 2 aromatic heterocycles. The summed E-state index contributed by atoms with van der Waals surface area (Å²) in [6.45, 7) is 0.619. The molecule has 0 saturated carbocycles. The number of imidazole rings is 1. The zero-order chi connectivity index (χ0) is 17.5. The van der Waals surface area contributed by atoms with Crippen LogP contribution in [0.1, 0.15) is 17.3 Å². The van der Waals surface area contributed by atoms with Crippen molar-refractivity contribution < 1.29 is 9.47 Å². The number of methoxy groups -OCH3 is 1. The van der Waals surface area contributed by atoms with Crippen molar-refractivity contribution in [3.8, 4) is 22.6 Å². The van der Waals surface area contributed by atoms with Crippen LogP contribution in [-0.4, -0.2) is 33.9 Å². The van der Waals surface area contributed by atoms with Gasteiger partial charge in [0.1, 0.15) is 17.3 Å². The van der Waals surface area contributed by atoms with Crippen LogP contribution in [-0.2, 0) is 6.42 Å². The van der Waals surface area contributed by atoms with Crippen LogP contribution in [0.4, 0.5) is 0 Å². The number of rotatable bonds is 3. The zero-order valence-corrected chi connectivity index (χ0v) is 14.3. The Kier molecular flexibility index (Phi) is 3.41. The molecule has 1 unspecified atom stereocenters. The lowest BCUT2D eigenvalue weighted by molar-refractivity contribution is 0.257. The lowest BCUT2D eigenvalue weighted by atomic mass is 9.96. The van der Waals surface area contributed by atoms with E-state index in [0.29, 0.717) is 6.61 Å². The number of benzene rings is 2. The largest absolute Gasteiger partial charge is 0.497 e. The van der Waals surface area contributed by atoms with E-state index < -0.39 is 0 Å². The number of H-pyrrole nitrogens is 2. The Morgan fingerprint density at radius 2 is 2.12 bits per heavy atom. The first kappa shape index (κ1) is 15.0. The SMILES string of the molecule is COc1ccc2c(c1)CC(c1nc3ccc(-c4cn[nH]c4)cc3[nH]1)CO2. The number of aromatic nitrogens is 4. The average Bonchev–Trinajstić information content (AvgIpc) is 3.36. The average molecular weight is 346 g/mol. The first-order valence-corrected chi connectivity index (χ1v) is 8.59. The van der Waals surface area contributed by atoms with Gasteiger partial charge < -0.3 is 14.5 Å². The van der Waals surface area contributed by atoms with E-state index >= 15 is 0 Å². The van der Waals surface area contributed by atoms with Crippen LogP contribution in [0.2, 0.25) is 0 Å². The number of aromatic amines is 2. The Morgan fingerprint density at radius 3 is 2.96 bits per heavy atom. The predicted molar refractivity (Wildman–Crippen MR) is 98.6 cm³/mol. The minimum absolute atomic E-state index is 0.194. The number of hydrogen-bond acceptors (Lipinski definition) is 4. The Morgan fingerprint density at radius 1 is 1.15 bits per heavy atom. The highest BCUT2D eigenvalue weighted by atomic mass is 16.5. The number of nitrogens with one attached hydrogen (secondary N) is 2. The number of ether oxygens (including phenoxy) is 2. The van der Waals surface area contributed by atoms with Gasteiger partial charge in [-0.25, -0.2) is 4.98 Å². The molecule has 2 aromatic carbocycles. The summed E-state index contributed by atoms with van der Waals surface area (Å²) in [5, 5.41) is 6.86. The molecule has 6 nitrogen and oxygen atoms in total. The van der Waals surface area contributed by atoms with Crippen molar-refractivity contribution in [2.45, 2.75) is 12.3 Å². The van der Waals surface area contributed by atoms with Gasteiger partial charge in [-0.05, 0) is 47.9 Å². The summed E-state index contributed by atoms with van der Waals surface area (Å²) in [7, 11) is 1.68. The van der Waals surface area contributed by atoms with E-state index in [0.717, 1.165) is 51.5 Å². The zero-order valence-electron chi connectivity index (χ0n) is 14.3. The minimum Gasteiger partial charge on any atom is -0.497 e. The van der Waals surface area contributed by atoms with Crippen LogP contribution in [0.25, 0.3) is 22.2 Å². The summed E-state index contributed by atoms with van der Waals surface area (Å²) in [4.78, 5) is 8.26. The monoisotopic (exact) mass is 346 g/mol. The molecule has 5 rings (SSSR count). The van der Waals surface area contributed by atoms with Crippen molar-refractivity contribution >= 4 is 11.0 Å². The molecule has 130 valence electrons. The molecule has 26 heavy (non-hydrogen) atoms. The second-order valence-electron chi connectivity index (χ2n) is 6.53. The third kappa shape index (κ3) is 2.50. The first-order chi connectivity index (χ1) is 12.8.